The first kappa shape index (κ1) is 19.5. The molecule has 26 heavy (non-hydrogen) atoms. The highest BCUT2D eigenvalue weighted by Crippen LogP contribution is 2.33. The highest BCUT2D eigenvalue weighted by atomic mass is 35.5. The monoisotopic (exact) mass is 378 g/mol. The molecule has 0 aromatic heterocycles. The Bertz CT molecular complexity index is 622. The summed E-state index contributed by atoms with van der Waals surface area (Å²) in [7, 11) is 1.90. The van der Waals surface area contributed by atoms with E-state index in [4.69, 9.17) is 16.3 Å². The van der Waals surface area contributed by atoms with Crippen molar-refractivity contribution >= 4 is 17.5 Å². The molecule has 1 saturated carbocycles. The van der Waals surface area contributed by atoms with E-state index >= 15 is 0 Å². The van der Waals surface area contributed by atoms with E-state index in [0.717, 1.165) is 36.7 Å². The van der Waals surface area contributed by atoms with Crippen LogP contribution in [-0.4, -0.2) is 48.5 Å². The van der Waals surface area contributed by atoms with Crippen LogP contribution in [0.3, 0.4) is 0 Å². The molecule has 0 unspecified atom stereocenters. The number of carbonyl (C=O) groups excluding carboxylic acids is 1. The van der Waals surface area contributed by atoms with Gasteiger partial charge in [0.05, 0.1) is 6.10 Å². The Labute approximate surface area is 162 Å². The third-order valence-corrected chi connectivity index (χ3v) is 5.87. The Morgan fingerprint density at radius 2 is 2.00 bits per heavy atom. The quantitative estimate of drug-likeness (QED) is 0.712. The van der Waals surface area contributed by atoms with Gasteiger partial charge in [0, 0.05) is 31.1 Å². The lowest BCUT2D eigenvalue weighted by molar-refractivity contribution is -0.134. The molecule has 144 valence electrons. The van der Waals surface area contributed by atoms with Crippen LogP contribution in [0.1, 0.15) is 45.1 Å². The molecule has 1 saturated heterocycles. The predicted octanol–water partition coefficient (Wildman–Crippen LogP) is 4.21. The molecule has 3 rings (SSSR count). The highest BCUT2D eigenvalue weighted by Gasteiger charge is 2.32. The molecule has 4 nitrogen and oxygen atoms in total. The normalized spacial score (nSPS) is 23.1. The zero-order chi connectivity index (χ0) is 18.7. The Morgan fingerprint density at radius 3 is 2.62 bits per heavy atom. The lowest BCUT2D eigenvalue weighted by atomic mass is 9.82. The smallest absolute Gasteiger partial charge is 0.224 e. The van der Waals surface area contributed by atoms with Crippen molar-refractivity contribution in [3.8, 4) is 5.75 Å². The average molecular weight is 379 g/mol. The zero-order valence-corrected chi connectivity index (χ0v) is 17.0. The molecule has 1 aromatic rings. The van der Waals surface area contributed by atoms with Crippen LogP contribution >= 0.6 is 11.6 Å². The van der Waals surface area contributed by atoms with Gasteiger partial charge in [-0.3, -0.25) is 9.69 Å². The van der Waals surface area contributed by atoms with E-state index in [1.165, 1.54) is 31.5 Å². The molecule has 1 aromatic carbocycles. The first-order valence-corrected chi connectivity index (χ1v) is 10.2. The number of carbonyl (C=O) groups is 1. The number of likely N-dealkylation sites (tertiary alicyclic amines) is 1. The number of benzene rings is 1. The van der Waals surface area contributed by atoms with Gasteiger partial charge in [-0.25, -0.2) is 0 Å². The number of ether oxygens (including phenoxy) is 1. The topological polar surface area (TPSA) is 32.8 Å². The molecule has 1 aliphatic carbocycles. The summed E-state index contributed by atoms with van der Waals surface area (Å²) in [5, 5.41) is 0.799. The van der Waals surface area contributed by atoms with Crippen molar-refractivity contribution < 1.29 is 9.53 Å². The average Bonchev–Trinajstić information content (AvgIpc) is 3.07. The molecule has 1 aliphatic heterocycles. The molecule has 0 N–H and O–H groups in total. The minimum absolute atomic E-state index is 0.0633. The van der Waals surface area contributed by atoms with Gasteiger partial charge in [0.15, 0.2) is 0 Å². The Hall–Kier alpha value is -1.26. The van der Waals surface area contributed by atoms with Crippen LogP contribution in [0.4, 0.5) is 0 Å². The first-order chi connectivity index (χ1) is 12.4. The fourth-order valence-corrected chi connectivity index (χ4v) is 4.17. The second-order valence-electron chi connectivity index (χ2n) is 8.19. The van der Waals surface area contributed by atoms with Crippen molar-refractivity contribution in [1.82, 2.24) is 9.80 Å². The van der Waals surface area contributed by atoms with Crippen LogP contribution in [0.15, 0.2) is 18.2 Å². The standard InChI is InChI=1S/C21H31ClN2O2/c1-15(2)21(25)23(3)13-16-10-19(11-16)26-18-7-6-17(20(22)12-18)14-24-8-4-5-9-24/h6-7,12,15-16,19H,4-5,8-11,13-14H2,1-3H3. The third-order valence-electron chi connectivity index (χ3n) is 5.51. The summed E-state index contributed by atoms with van der Waals surface area (Å²) in [4.78, 5) is 16.3. The summed E-state index contributed by atoms with van der Waals surface area (Å²) >= 11 is 6.46. The minimum atomic E-state index is 0.0633. The van der Waals surface area contributed by atoms with E-state index in [2.05, 4.69) is 11.0 Å². The first-order valence-electron chi connectivity index (χ1n) is 9.84. The number of hydrogen-bond acceptors (Lipinski definition) is 3. The van der Waals surface area contributed by atoms with E-state index < -0.39 is 0 Å². The summed E-state index contributed by atoms with van der Waals surface area (Å²) in [6.45, 7) is 8.00. The molecule has 0 spiro atoms. The summed E-state index contributed by atoms with van der Waals surface area (Å²) in [6, 6.07) is 6.09. The Kier molecular flexibility index (Phi) is 6.46. The van der Waals surface area contributed by atoms with Gasteiger partial charge >= 0.3 is 0 Å². The zero-order valence-electron chi connectivity index (χ0n) is 16.2. The summed E-state index contributed by atoms with van der Waals surface area (Å²) in [5.41, 5.74) is 1.18. The van der Waals surface area contributed by atoms with Crippen LogP contribution in [0.2, 0.25) is 5.02 Å². The molecule has 2 aliphatic rings. The van der Waals surface area contributed by atoms with Gasteiger partial charge in [-0.15, -0.1) is 0 Å². The van der Waals surface area contributed by atoms with Crippen molar-refractivity contribution in [2.75, 3.05) is 26.7 Å². The fourth-order valence-electron chi connectivity index (χ4n) is 3.94. The molecule has 5 heteroatoms. The molecule has 0 radical (unpaired) electrons. The Balaban J connectivity index is 1.44. The lowest BCUT2D eigenvalue weighted by Crippen LogP contribution is -2.42. The van der Waals surface area contributed by atoms with Crippen LogP contribution < -0.4 is 4.74 Å². The predicted molar refractivity (Wildman–Crippen MR) is 106 cm³/mol. The van der Waals surface area contributed by atoms with Crippen LogP contribution in [0, 0.1) is 11.8 Å². The summed E-state index contributed by atoms with van der Waals surface area (Å²) < 4.78 is 6.07. The SMILES string of the molecule is CC(C)C(=O)N(C)CC1CC(Oc2ccc(CN3CCCC3)c(Cl)c2)C1. The van der Waals surface area contributed by atoms with Crippen LogP contribution in [0.5, 0.6) is 5.75 Å². The molecule has 1 heterocycles. The summed E-state index contributed by atoms with van der Waals surface area (Å²) in [6.07, 6.45) is 4.83. The number of rotatable bonds is 7. The molecule has 2 fully saturated rings. The van der Waals surface area contributed by atoms with E-state index in [1.807, 2.05) is 37.9 Å². The number of amides is 1. The largest absolute Gasteiger partial charge is 0.490 e. The fraction of sp³-hybridized carbons (Fsp3) is 0.667. The molecule has 0 atom stereocenters. The molecular weight excluding hydrogens is 348 g/mol. The van der Waals surface area contributed by atoms with E-state index in [0.29, 0.717) is 5.92 Å². The van der Waals surface area contributed by atoms with Gasteiger partial charge in [-0.05, 0) is 62.4 Å². The third kappa shape index (κ3) is 4.92. The molecular formula is C21H31ClN2O2. The number of hydrogen-bond donors (Lipinski definition) is 0. The minimum Gasteiger partial charge on any atom is -0.490 e. The van der Waals surface area contributed by atoms with E-state index in [-0.39, 0.29) is 17.9 Å². The summed E-state index contributed by atoms with van der Waals surface area (Å²) in [5.74, 6) is 1.68. The van der Waals surface area contributed by atoms with E-state index in [9.17, 15) is 4.79 Å². The maximum atomic E-state index is 12.0. The van der Waals surface area contributed by atoms with E-state index in [1.54, 1.807) is 0 Å². The van der Waals surface area contributed by atoms with Gasteiger partial charge in [0.25, 0.3) is 0 Å². The highest BCUT2D eigenvalue weighted by molar-refractivity contribution is 6.31. The van der Waals surface area contributed by atoms with Crippen molar-refractivity contribution in [1.29, 1.82) is 0 Å². The molecule has 1 amide bonds. The van der Waals surface area contributed by atoms with Gasteiger partial charge in [0.1, 0.15) is 5.75 Å². The van der Waals surface area contributed by atoms with Crippen molar-refractivity contribution in [2.24, 2.45) is 11.8 Å². The maximum Gasteiger partial charge on any atom is 0.224 e. The van der Waals surface area contributed by atoms with Gasteiger partial charge < -0.3 is 9.64 Å². The maximum absolute atomic E-state index is 12.0. The van der Waals surface area contributed by atoms with Crippen molar-refractivity contribution in [3.63, 3.8) is 0 Å². The Morgan fingerprint density at radius 1 is 1.31 bits per heavy atom. The second kappa shape index (κ2) is 8.62. The molecule has 0 bridgehead atoms. The van der Waals surface area contributed by atoms with Crippen molar-refractivity contribution in [2.45, 2.75) is 52.2 Å². The lowest BCUT2D eigenvalue weighted by Gasteiger charge is -2.38. The number of halogens is 1. The van der Waals surface area contributed by atoms with Gasteiger partial charge in [-0.2, -0.15) is 0 Å². The second-order valence-corrected chi connectivity index (χ2v) is 8.59. The van der Waals surface area contributed by atoms with Crippen molar-refractivity contribution in [3.05, 3.63) is 28.8 Å². The van der Waals surface area contributed by atoms with Crippen LogP contribution in [-0.2, 0) is 11.3 Å². The number of nitrogens with zero attached hydrogens (tertiary/aromatic N) is 2. The van der Waals surface area contributed by atoms with Crippen LogP contribution in [0.25, 0.3) is 0 Å². The van der Waals surface area contributed by atoms with Gasteiger partial charge in [-0.1, -0.05) is 31.5 Å². The van der Waals surface area contributed by atoms with Gasteiger partial charge in [0.2, 0.25) is 5.91 Å².